The number of nitrogens with two attached hydrogens (primary N) is 1. The second-order valence-electron chi connectivity index (χ2n) is 5.28. The minimum Gasteiger partial charge on any atom is -0.399 e. The number of hydrogen-bond acceptors (Lipinski definition) is 2. The molecule has 92 valence electrons. The summed E-state index contributed by atoms with van der Waals surface area (Å²) in [7, 11) is 0. The number of anilines is 1. The van der Waals surface area contributed by atoms with Crippen LogP contribution in [0.2, 0.25) is 0 Å². The van der Waals surface area contributed by atoms with Crippen LogP contribution in [0.3, 0.4) is 0 Å². The normalized spacial score (nSPS) is 11.7. The zero-order chi connectivity index (χ0) is 12.9. The molecule has 17 heavy (non-hydrogen) atoms. The number of nitrogen functional groups attached to an aromatic ring is 1. The fraction of sp³-hybridized carbons (Fsp3) is 0.357. The predicted molar refractivity (Wildman–Crippen MR) is 72.4 cm³/mol. The Morgan fingerprint density at radius 2 is 2.12 bits per heavy atom. The van der Waals surface area contributed by atoms with Crippen LogP contribution in [0, 0.1) is 5.41 Å². The van der Waals surface area contributed by atoms with Crippen molar-refractivity contribution in [1.29, 1.82) is 0 Å². The molecular weight excluding hydrogens is 212 g/mol. The first-order valence-electron chi connectivity index (χ1n) is 5.68. The molecule has 0 saturated heterocycles. The van der Waals surface area contributed by atoms with Crippen LogP contribution in [0.4, 0.5) is 5.69 Å². The molecule has 0 aliphatic carbocycles. The molecule has 1 aromatic rings. The van der Waals surface area contributed by atoms with Crippen molar-refractivity contribution in [2.24, 2.45) is 5.41 Å². The van der Waals surface area contributed by atoms with Crippen LogP contribution < -0.4 is 11.1 Å². The molecule has 0 unspecified atom stereocenters. The van der Waals surface area contributed by atoms with Crippen LogP contribution in [0.25, 0.3) is 6.08 Å². The molecule has 1 amide bonds. The molecule has 0 fully saturated rings. The largest absolute Gasteiger partial charge is 0.399 e. The van der Waals surface area contributed by atoms with E-state index in [0.717, 1.165) is 5.56 Å². The lowest BCUT2D eigenvalue weighted by Gasteiger charge is -2.17. The molecule has 0 aliphatic rings. The Morgan fingerprint density at radius 3 is 2.71 bits per heavy atom. The van der Waals surface area contributed by atoms with Crippen LogP contribution in [0.5, 0.6) is 0 Å². The number of nitrogens with one attached hydrogen (secondary N) is 1. The summed E-state index contributed by atoms with van der Waals surface area (Å²) in [5, 5.41) is 2.85. The van der Waals surface area contributed by atoms with E-state index in [9.17, 15) is 4.79 Å². The van der Waals surface area contributed by atoms with Crippen molar-refractivity contribution in [1.82, 2.24) is 5.32 Å². The van der Waals surface area contributed by atoms with Gasteiger partial charge >= 0.3 is 0 Å². The van der Waals surface area contributed by atoms with Gasteiger partial charge in [0.2, 0.25) is 5.91 Å². The topological polar surface area (TPSA) is 55.1 Å². The highest BCUT2D eigenvalue weighted by Crippen LogP contribution is 2.10. The molecule has 1 aromatic carbocycles. The molecular formula is C14H20N2O. The SMILES string of the molecule is CC(C)(C)CNC(=O)/C=C/c1cccc(N)c1. The van der Waals surface area contributed by atoms with E-state index in [-0.39, 0.29) is 11.3 Å². The van der Waals surface area contributed by atoms with Crippen LogP contribution in [-0.2, 0) is 4.79 Å². The molecule has 0 aliphatic heterocycles. The summed E-state index contributed by atoms with van der Waals surface area (Å²) < 4.78 is 0. The van der Waals surface area contributed by atoms with Crippen molar-refractivity contribution in [3.05, 3.63) is 35.9 Å². The lowest BCUT2D eigenvalue weighted by Crippen LogP contribution is -2.30. The van der Waals surface area contributed by atoms with Crippen molar-refractivity contribution < 1.29 is 4.79 Å². The van der Waals surface area contributed by atoms with Gasteiger partial charge < -0.3 is 11.1 Å². The van der Waals surface area contributed by atoms with E-state index in [1.807, 2.05) is 24.3 Å². The van der Waals surface area contributed by atoms with Gasteiger partial charge in [0.05, 0.1) is 0 Å². The van der Waals surface area contributed by atoms with Gasteiger partial charge in [-0.15, -0.1) is 0 Å². The van der Waals surface area contributed by atoms with Gasteiger partial charge in [0, 0.05) is 18.3 Å². The van der Waals surface area contributed by atoms with E-state index >= 15 is 0 Å². The average molecular weight is 232 g/mol. The van der Waals surface area contributed by atoms with Crippen molar-refractivity contribution in [2.45, 2.75) is 20.8 Å². The first-order valence-corrected chi connectivity index (χ1v) is 5.68. The minimum absolute atomic E-state index is 0.0812. The highest BCUT2D eigenvalue weighted by molar-refractivity contribution is 5.91. The van der Waals surface area contributed by atoms with E-state index in [0.29, 0.717) is 12.2 Å². The zero-order valence-electron chi connectivity index (χ0n) is 10.7. The summed E-state index contributed by atoms with van der Waals surface area (Å²) >= 11 is 0. The molecule has 3 N–H and O–H groups in total. The van der Waals surface area contributed by atoms with E-state index in [2.05, 4.69) is 26.1 Å². The third-order valence-corrected chi connectivity index (χ3v) is 2.13. The lowest BCUT2D eigenvalue weighted by atomic mass is 9.97. The quantitative estimate of drug-likeness (QED) is 0.621. The Kier molecular flexibility index (Phi) is 4.32. The van der Waals surface area contributed by atoms with Crippen molar-refractivity contribution >= 4 is 17.7 Å². The second kappa shape index (κ2) is 5.53. The summed E-state index contributed by atoms with van der Waals surface area (Å²) in [5.41, 5.74) is 7.37. The molecule has 0 heterocycles. The van der Waals surface area contributed by atoms with E-state index in [4.69, 9.17) is 5.73 Å². The standard InChI is InChI=1S/C14H20N2O/c1-14(2,3)10-16-13(17)8-7-11-5-4-6-12(15)9-11/h4-9H,10,15H2,1-3H3,(H,16,17)/b8-7+. The number of rotatable bonds is 3. The fourth-order valence-corrected chi connectivity index (χ4v) is 1.25. The monoisotopic (exact) mass is 232 g/mol. The molecule has 1 rings (SSSR count). The van der Waals surface area contributed by atoms with Gasteiger partial charge in [0.1, 0.15) is 0 Å². The molecule has 3 heteroatoms. The maximum atomic E-state index is 11.5. The van der Waals surface area contributed by atoms with Gasteiger partial charge in [-0.2, -0.15) is 0 Å². The first-order chi connectivity index (χ1) is 7.87. The second-order valence-corrected chi connectivity index (χ2v) is 5.28. The van der Waals surface area contributed by atoms with Gasteiger partial charge in [0.25, 0.3) is 0 Å². The Morgan fingerprint density at radius 1 is 1.41 bits per heavy atom. The molecule has 0 bridgehead atoms. The highest BCUT2D eigenvalue weighted by atomic mass is 16.1. The third-order valence-electron chi connectivity index (χ3n) is 2.13. The molecule has 0 atom stereocenters. The number of hydrogen-bond donors (Lipinski definition) is 2. The van der Waals surface area contributed by atoms with E-state index in [1.165, 1.54) is 6.08 Å². The van der Waals surface area contributed by atoms with E-state index in [1.54, 1.807) is 6.08 Å². The van der Waals surface area contributed by atoms with Gasteiger partial charge in [-0.1, -0.05) is 32.9 Å². The molecule has 3 nitrogen and oxygen atoms in total. The summed E-state index contributed by atoms with van der Waals surface area (Å²) in [6, 6.07) is 7.41. The van der Waals surface area contributed by atoms with Crippen molar-refractivity contribution in [3.8, 4) is 0 Å². The maximum Gasteiger partial charge on any atom is 0.244 e. The van der Waals surface area contributed by atoms with Gasteiger partial charge in [0.15, 0.2) is 0 Å². The van der Waals surface area contributed by atoms with Gasteiger partial charge in [-0.05, 0) is 29.2 Å². The summed E-state index contributed by atoms with van der Waals surface area (Å²) in [6.45, 7) is 6.89. The molecule has 0 radical (unpaired) electrons. The third kappa shape index (κ3) is 5.76. The Balaban J connectivity index is 2.51. The van der Waals surface area contributed by atoms with Crippen LogP contribution >= 0.6 is 0 Å². The van der Waals surface area contributed by atoms with Crippen molar-refractivity contribution in [2.75, 3.05) is 12.3 Å². The zero-order valence-corrected chi connectivity index (χ0v) is 10.7. The summed E-state index contributed by atoms with van der Waals surface area (Å²) in [4.78, 5) is 11.5. The number of carbonyl (C=O) groups is 1. The summed E-state index contributed by atoms with van der Waals surface area (Å²) in [6.07, 6.45) is 3.29. The van der Waals surface area contributed by atoms with Gasteiger partial charge in [-0.25, -0.2) is 0 Å². The number of benzene rings is 1. The van der Waals surface area contributed by atoms with Crippen LogP contribution in [0.15, 0.2) is 30.3 Å². The summed E-state index contributed by atoms with van der Waals surface area (Å²) in [5.74, 6) is -0.0812. The fourth-order valence-electron chi connectivity index (χ4n) is 1.25. The first kappa shape index (κ1) is 13.3. The van der Waals surface area contributed by atoms with Gasteiger partial charge in [-0.3, -0.25) is 4.79 Å². The molecule has 0 spiro atoms. The Bertz CT molecular complexity index is 416. The molecule has 0 aromatic heterocycles. The van der Waals surface area contributed by atoms with Crippen molar-refractivity contribution in [3.63, 3.8) is 0 Å². The Labute approximate surface area is 103 Å². The highest BCUT2D eigenvalue weighted by Gasteiger charge is 2.10. The number of carbonyl (C=O) groups excluding carboxylic acids is 1. The minimum atomic E-state index is -0.0812. The van der Waals surface area contributed by atoms with Crippen LogP contribution in [-0.4, -0.2) is 12.5 Å². The number of amides is 1. The maximum absolute atomic E-state index is 11.5. The lowest BCUT2D eigenvalue weighted by molar-refractivity contribution is -0.116. The Hall–Kier alpha value is -1.77. The average Bonchev–Trinajstić information content (AvgIpc) is 2.23. The smallest absolute Gasteiger partial charge is 0.244 e. The predicted octanol–water partition coefficient (Wildman–Crippen LogP) is 2.44. The molecule has 0 saturated carbocycles. The van der Waals surface area contributed by atoms with Crippen LogP contribution in [0.1, 0.15) is 26.3 Å². The van der Waals surface area contributed by atoms with E-state index < -0.39 is 0 Å².